The number of H-pyrrole nitrogens is 1. The molecular formula is C33H42N6O4. The van der Waals surface area contributed by atoms with Crippen molar-refractivity contribution in [1.82, 2.24) is 30.8 Å². The lowest BCUT2D eigenvalue weighted by atomic mass is 9.99. The van der Waals surface area contributed by atoms with E-state index in [1.165, 1.54) is 0 Å². The van der Waals surface area contributed by atoms with Crippen molar-refractivity contribution in [2.75, 3.05) is 32.8 Å². The molecular weight excluding hydrogens is 544 g/mol. The Morgan fingerprint density at radius 2 is 1.65 bits per heavy atom. The number of nitrogens with one attached hydrogen (secondary N) is 4. The molecule has 1 heterocycles. The molecule has 10 heteroatoms. The molecule has 10 nitrogen and oxygen atoms in total. The smallest absolute Gasteiger partial charge is 0.251 e. The molecule has 0 bridgehead atoms. The largest absolute Gasteiger partial charge is 0.395 e. The zero-order chi connectivity index (χ0) is 30.4. The van der Waals surface area contributed by atoms with Crippen LogP contribution in [0, 0.1) is 0 Å². The van der Waals surface area contributed by atoms with Crippen molar-refractivity contribution in [2.45, 2.75) is 44.9 Å². The van der Waals surface area contributed by atoms with Gasteiger partial charge in [0.25, 0.3) is 5.91 Å². The highest BCUT2D eigenvalue weighted by molar-refractivity contribution is 5.97. The fourth-order valence-electron chi connectivity index (χ4n) is 5.16. The number of aliphatic hydroxyl groups excluding tert-OH is 2. The van der Waals surface area contributed by atoms with Crippen LogP contribution in [0.25, 0.3) is 10.8 Å². The standard InChI is InChI=1S/C33H42N6O4/c1-24(28-9-4-7-26-6-2-3-8-29(26)28)37-33(43)30(10-5-17-39(18-20-40)19-21-41)38-32(42)27-13-11-25(12-14-27)22-34-23-31-35-15-16-36-31/h2-4,6-9,11-16,24,30,34,40-41H,5,10,17-23H2,1H3,(H,35,36)(H,37,43)(H,38,42)/t24?,30-/m0/s1. The first-order valence-corrected chi connectivity index (χ1v) is 14.8. The molecule has 2 amide bonds. The number of nitrogens with zero attached hydrogens (tertiary/aromatic N) is 2. The molecule has 0 saturated heterocycles. The van der Waals surface area contributed by atoms with E-state index in [1.54, 1.807) is 24.5 Å². The summed E-state index contributed by atoms with van der Waals surface area (Å²) in [6, 6.07) is 20.4. The topological polar surface area (TPSA) is 143 Å². The third-order valence-electron chi connectivity index (χ3n) is 7.46. The van der Waals surface area contributed by atoms with Crippen molar-refractivity contribution < 1.29 is 19.8 Å². The quantitative estimate of drug-likeness (QED) is 0.112. The Kier molecular flexibility index (Phi) is 12.2. The van der Waals surface area contributed by atoms with Crippen LogP contribution in [0.5, 0.6) is 0 Å². The highest BCUT2D eigenvalue weighted by Gasteiger charge is 2.24. The number of amides is 2. The second-order valence-electron chi connectivity index (χ2n) is 10.6. The van der Waals surface area contributed by atoms with Gasteiger partial charge in [-0.1, -0.05) is 54.6 Å². The first kappa shape index (κ1) is 31.8. The summed E-state index contributed by atoms with van der Waals surface area (Å²) >= 11 is 0. The second kappa shape index (κ2) is 16.5. The minimum atomic E-state index is -0.760. The molecule has 43 heavy (non-hydrogen) atoms. The molecule has 1 aromatic heterocycles. The number of hydrogen-bond acceptors (Lipinski definition) is 7. The van der Waals surface area contributed by atoms with E-state index in [1.807, 2.05) is 66.4 Å². The van der Waals surface area contributed by atoms with Crippen LogP contribution in [-0.4, -0.2) is 75.8 Å². The van der Waals surface area contributed by atoms with Gasteiger partial charge in [-0.05, 0) is 60.3 Å². The number of benzene rings is 3. The zero-order valence-corrected chi connectivity index (χ0v) is 24.6. The van der Waals surface area contributed by atoms with E-state index in [9.17, 15) is 19.8 Å². The van der Waals surface area contributed by atoms with Gasteiger partial charge in [-0.25, -0.2) is 4.98 Å². The Labute approximate surface area is 252 Å². The molecule has 0 fully saturated rings. The van der Waals surface area contributed by atoms with Gasteiger partial charge in [0, 0.05) is 37.6 Å². The third kappa shape index (κ3) is 9.45. The van der Waals surface area contributed by atoms with E-state index in [0.29, 0.717) is 51.1 Å². The fourth-order valence-corrected chi connectivity index (χ4v) is 5.16. The van der Waals surface area contributed by atoms with Gasteiger partial charge in [0.2, 0.25) is 5.91 Å². The summed E-state index contributed by atoms with van der Waals surface area (Å²) in [4.78, 5) is 36.1. The van der Waals surface area contributed by atoms with Gasteiger partial charge in [0.1, 0.15) is 11.9 Å². The first-order valence-electron chi connectivity index (χ1n) is 14.8. The summed E-state index contributed by atoms with van der Waals surface area (Å²) in [6.07, 6.45) is 4.49. The van der Waals surface area contributed by atoms with Crippen molar-refractivity contribution in [3.63, 3.8) is 0 Å². The van der Waals surface area contributed by atoms with Crippen molar-refractivity contribution in [2.24, 2.45) is 0 Å². The molecule has 3 aromatic carbocycles. The number of fused-ring (bicyclic) bond motifs is 1. The van der Waals surface area contributed by atoms with E-state index in [0.717, 1.165) is 27.7 Å². The van der Waals surface area contributed by atoms with Gasteiger partial charge in [-0.3, -0.25) is 14.5 Å². The maximum absolute atomic E-state index is 13.6. The normalized spacial score (nSPS) is 12.7. The van der Waals surface area contributed by atoms with Gasteiger partial charge >= 0.3 is 0 Å². The number of aliphatic hydroxyl groups is 2. The molecule has 0 aliphatic rings. The predicted octanol–water partition coefficient (Wildman–Crippen LogP) is 2.90. The summed E-state index contributed by atoms with van der Waals surface area (Å²) in [6.45, 7) is 4.60. The van der Waals surface area contributed by atoms with E-state index >= 15 is 0 Å². The van der Waals surface area contributed by atoms with E-state index in [4.69, 9.17) is 0 Å². The van der Waals surface area contributed by atoms with Gasteiger partial charge in [0.05, 0.1) is 25.8 Å². The monoisotopic (exact) mass is 586 g/mol. The number of hydrogen-bond donors (Lipinski definition) is 6. The van der Waals surface area contributed by atoms with Crippen LogP contribution >= 0.6 is 0 Å². The summed E-state index contributed by atoms with van der Waals surface area (Å²) in [5.41, 5.74) is 2.50. The Morgan fingerprint density at radius 3 is 2.37 bits per heavy atom. The third-order valence-corrected chi connectivity index (χ3v) is 7.46. The van der Waals surface area contributed by atoms with Gasteiger partial charge in [0.15, 0.2) is 0 Å². The minimum absolute atomic E-state index is 0.0163. The number of aromatic amines is 1. The Balaban J connectivity index is 1.41. The van der Waals surface area contributed by atoms with Crippen LogP contribution in [-0.2, 0) is 17.9 Å². The summed E-state index contributed by atoms with van der Waals surface area (Å²) in [7, 11) is 0. The molecule has 0 saturated carbocycles. The summed E-state index contributed by atoms with van der Waals surface area (Å²) < 4.78 is 0. The molecule has 0 spiro atoms. The molecule has 0 radical (unpaired) electrons. The second-order valence-corrected chi connectivity index (χ2v) is 10.6. The molecule has 1 unspecified atom stereocenters. The van der Waals surface area contributed by atoms with Crippen molar-refractivity contribution in [1.29, 1.82) is 0 Å². The van der Waals surface area contributed by atoms with Crippen molar-refractivity contribution >= 4 is 22.6 Å². The lowest BCUT2D eigenvalue weighted by Gasteiger charge is -2.24. The highest BCUT2D eigenvalue weighted by Crippen LogP contribution is 2.24. The highest BCUT2D eigenvalue weighted by atomic mass is 16.3. The van der Waals surface area contributed by atoms with Crippen LogP contribution in [0.4, 0.5) is 0 Å². The number of imidazole rings is 1. The van der Waals surface area contributed by atoms with E-state index in [-0.39, 0.29) is 31.1 Å². The maximum Gasteiger partial charge on any atom is 0.251 e. The Hall–Kier alpha value is -4.09. The lowest BCUT2D eigenvalue weighted by molar-refractivity contribution is -0.123. The molecule has 0 aliphatic carbocycles. The number of rotatable bonds is 17. The zero-order valence-electron chi connectivity index (χ0n) is 24.6. The van der Waals surface area contributed by atoms with Gasteiger partial charge in [-0.15, -0.1) is 0 Å². The Morgan fingerprint density at radius 1 is 0.907 bits per heavy atom. The SMILES string of the molecule is CC(NC(=O)[C@H](CCCN(CCO)CCO)NC(=O)c1ccc(CNCc2ncc[nH]2)cc1)c1cccc2ccccc12. The molecule has 4 rings (SSSR count). The minimum Gasteiger partial charge on any atom is -0.395 e. The summed E-state index contributed by atoms with van der Waals surface area (Å²) in [5, 5.41) is 30.2. The van der Waals surface area contributed by atoms with Gasteiger partial charge < -0.3 is 31.1 Å². The number of aromatic nitrogens is 2. The fraction of sp³-hybridized carbons (Fsp3) is 0.364. The molecule has 0 aliphatic heterocycles. The number of carbonyl (C=O) groups excluding carboxylic acids is 2. The van der Waals surface area contributed by atoms with Crippen LogP contribution in [0.2, 0.25) is 0 Å². The number of carbonyl (C=O) groups is 2. The van der Waals surface area contributed by atoms with E-state index < -0.39 is 6.04 Å². The van der Waals surface area contributed by atoms with Gasteiger partial charge in [-0.2, -0.15) is 0 Å². The van der Waals surface area contributed by atoms with Crippen molar-refractivity contribution in [3.05, 3.63) is 102 Å². The average Bonchev–Trinajstić information content (AvgIpc) is 3.54. The average molecular weight is 587 g/mol. The van der Waals surface area contributed by atoms with E-state index in [2.05, 4.69) is 25.9 Å². The molecule has 2 atom stereocenters. The van der Waals surface area contributed by atoms with Crippen LogP contribution in [0.3, 0.4) is 0 Å². The summed E-state index contributed by atoms with van der Waals surface area (Å²) in [5.74, 6) is 0.268. The predicted molar refractivity (Wildman–Crippen MR) is 167 cm³/mol. The lowest BCUT2D eigenvalue weighted by Crippen LogP contribution is -2.47. The first-order chi connectivity index (χ1) is 21.0. The van der Waals surface area contributed by atoms with Crippen LogP contribution < -0.4 is 16.0 Å². The molecule has 228 valence electrons. The van der Waals surface area contributed by atoms with Crippen LogP contribution in [0.15, 0.2) is 79.1 Å². The maximum atomic E-state index is 13.6. The Bertz CT molecular complexity index is 1420. The van der Waals surface area contributed by atoms with Crippen molar-refractivity contribution in [3.8, 4) is 0 Å². The van der Waals surface area contributed by atoms with Crippen LogP contribution in [0.1, 0.15) is 53.1 Å². The molecule has 4 aromatic rings. The molecule has 6 N–H and O–H groups in total.